The molecule has 10 heteroatoms. The molecule has 0 unspecified atom stereocenters. The molecule has 0 spiro atoms. The summed E-state index contributed by atoms with van der Waals surface area (Å²) < 4.78 is 39.8. The van der Waals surface area contributed by atoms with Gasteiger partial charge in [-0.2, -0.15) is 8.78 Å². The predicted octanol–water partition coefficient (Wildman–Crippen LogP) is 2.00. The first kappa shape index (κ1) is 25.5. The second-order valence-electron chi connectivity index (χ2n) is 7.15. The molecule has 1 aromatic carbocycles. The van der Waals surface area contributed by atoms with Gasteiger partial charge < -0.3 is 24.4 Å². The van der Waals surface area contributed by atoms with E-state index in [1.807, 2.05) is 4.90 Å². The molecule has 0 atom stereocenters. The Kier molecular flexibility index (Phi) is 10.9. The Hall–Kier alpha value is -2.72. The van der Waals surface area contributed by atoms with Crippen molar-refractivity contribution >= 4 is 17.9 Å². The number of methoxy groups -OCH3 is 1. The van der Waals surface area contributed by atoms with Crippen molar-refractivity contribution in [3.63, 3.8) is 0 Å². The van der Waals surface area contributed by atoms with Crippen molar-refractivity contribution in [3.8, 4) is 11.5 Å². The van der Waals surface area contributed by atoms with Crippen LogP contribution in [0.3, 0.4) is 0 Å². The summed E-state index contributed by atoms with van der Waals surface area (Å²) >= 11 is 0. The Balaban J connectivity index is 1.82. The zero-order chi connectivity index (χ0) is 23.3. The molecular formula is C22H31F2N3O5. The molecule has 2 amide bonds. The van der Waals surface area contributed by atoms with E-state index in [0.29, 0.717) is 58.0 Å². The lowest BCUT2D eigenvalue weighted by Crippen LogP contribution is -2.50. The fourth-order valence-corrected chi connectivity index (χ4v) is 3.19. The summed E-state index contributed by atoms with van der Waals surface area (Å²) in [5.74, 6) is -0.0506. The maximum absolute atomic E-state index is 12.5. The van der Waals surface area contributed by atoms with Gasteiger partial charge in [0.15, 0.2) is 11.5 Å². The van der Waals surface area contributed by atoms with Crippen LogP contribution in [0.5, 0.6) is 11.5 Å². The molecule has 1 aliphatic heterocycles. The van der Waals surface area contributed by atoms with Crippen LogP contribution in [-0.4, -0.2) is 87.8 Å². The normalized spacial score (nSPS) is 14.7. The number of hydrogen-bond donors (Lipinski definition) is 1. The summed E-state index contributed by atoms with van der Waals surface area (Å²) in [6.45, 7) is 2.83. The van der Waals surface area contributed by atoms with Gasteiger partial charge in [-0.3, -0.25) is 14.5 Å². The molecule has 32 heavy (non-hydrogen) atoms. The number of hydrogen-bond acceptors (Lipinski definition) is 6. The molecule has 2 rings (SSSR count). The Morgan fingerprint density at radius 3 is 2.59 bits per heavy atom. The molecule has 1 fully saturated rings. The second-order valence-corrected chi connectivity index (χ2v) is 7.15. The molecule has 0 bridgehead atoms. The van der Waals surface area contributed by atoms with Gasteiger partial charge in [0.1, 0.15) is 0 Å². The Morgan fingerprint density at radius 1 is 1.19 bits per heavy atom. The number of carbonyl (C=O) groups is 2. The zero-order valence-electron chi connectivity index (χ0n) is 18.5. The van der Waals surface area contributed by atoms with Crippen LogP contribution < -0.4 is 14.8 Å². The van der Waals surface area contributed by atoms with E-state index < -0.39 is 6.61 Å². The highest BCUT2D eigenvalue weighted by Crippen LogP contribution is 2.30. The number of halogens is 2. The van der Waals surface area contributed by atoms with Crippen molar-refractivity contribution in [2.24, 2.45) is 0 Å². The number of amides is 2. The van der Waals surface area contributed by atoms with Crippen LogP contribution in [-0.2, 0) is 14.3 Å². The minimum atomic E-state index is -2.95. The number of nitrogens with zero attached hydrogens (tertiary/aromatic N) is 2. The summed E-state index contributed by atoms with van der Waals surface area (Å²) in [4.78, 5) is 28.2. The average Bonchev–Trinajstić information content (AvgIpc) is 2.77. The van der Waals surface area contributed by atoms with Crippen molar-refractivity contribution in [3.05, 3.63) is 29.8 Å². The maximum Gasteiger partial charge on any atom is 0.387 e. The summed E-state index contributed by atoms with van der Waals surface area (Å²) in [5.41, 5.74) is 0.632. The van der Waals surface area contributed by atoms with Crippen molar-refractivity contribution in [2.75, 3.05) is 59.6 Å². The lowest BCUT2D eigenvalue weighted by Gasteiger charge is -2.33. The number of alkyl halides is 2. The first-order valence-electron chi connectivity index (χ1n) is 10.6. The Labute approximate surface area is 187 Å². The van der Waals surface area contributed by atoms with Gasteiger partial charge in [0.05, 0.1) is 13.2 Å². The molecule has 1 aromatic rings. The van der Waals surface area contributed by atoms with Crippen molar-refractivity contribution in [1.29, 1.82) is 0 Å². The summed E-state index contributed by atoms with van der Waals surface area (Å²) in [7, 11) is 1.62. The molecule has 178 valence electrons. The number of carbonyl (C=O) groups excluding carboxylic acids is 2. The molecule has 1 heterocycles. The molecule has 1 N–H and O–H groups in total. The monoisotopic (exact) mass is 455 g/mol. The third-order valence-electron chi connectivity index (χ3n) is 4.80. The van der Waals surface area contributed by atoms with Crippen molar-refractivity contribution in [2.45, 2.75) is 20.0 Å². The van der Waals surface area contributed by atoms with Gasteiger partial charge in [0.2, 0.25) is 11.8 Å². The topological polar surface area (TPSA) is 80.3 Å². The van der Waals surface area contributed by atoms with Gasteiger partial charge in [-0.25, -0.2) is 0 Å². The first-order chi connectivity index (χ1) is 15.4. The van der Waals surface area contributed by atoms with E-state index in [2.05, 4.69) is 10.1 Å². The number of rotatable bonds is 12. The largest absolute Gasteiger partial charge is 0.490 e. The molecular weight excluding hydrogens is 424 g/mol. The summed E-state index contributed by atoms with van der Waals surface area (Å²) in [6.07, 6.45) is 3.82. The van der Waals surface area contributed by atoms with E-state index in [1.165, 1.54) is 12.1 Å². The fraction of sp³-hybridized carbons (Fsp3) is 0.545. The Bertz CT molecular complexity index is 768. The molecule has 0 aromatic heterocycles. The van der Waals surface area contributed by atoms with Crippen LogP contribution in [0.4, 0.5) is 8.78 Å². The van der Waals surface area contributed by atoms with Gasteiger partial charge in [0.25, 0.3) is 0 Å². The number of nitrogens with one attached hydrogen (secondary N) is 1. The lowest BCUT2D eigenvalue weighted by molar-refractivity contribution is -0.128. The van der Waals surface area contributed by atoms with Crippen LogP contribution in [0.15, 0.2) is 24.3 Å². The van der Waals surface area contributed by atoms with E-state index in [4.69, 9.17) is 9.47 Å². The average molecular weight is 456 g/mol. The second kappa shape index (κ2) is 13.6. The lowest BCUT2D eigenvalue weighted by atomic mass is 10.2. The molecule has 1 aliphatic rings. The molecule has 0 saturated carbocycles. The van der Waals surface area contributed by atoms with Crippen LogP contribution in [0.25, 0.3) is 6.08 Å². The van der Waals surface area contributed by atoms with Crippen LogP contribution in [0.1, 0.15) is 18.9 Å². The van der Waals surface area contributed by atoms with Crippen molar-refractivity contribution < 1.29 is 32.6 Å². The quantitative estimate of drug-likeness (QED) is 0.384. The van der Waals surface area contributed by atoms with E-state index in [-0.39, 0.29) is 23.3 Å². The summed E-state index contributed by atoms with van der Waals surface area (Å²) in [5, 5.41) is 2.85. The van der Waals surface area contributed by atoms with Gasteiger partial charge >= 0.3 is 6.61 Å². The Morgan fingerprint density at radius 2 is 1.94 bits per heavy atom. The van der Waals surface area contributed by atoms with Crippen LogP contribution in [0.2, 0.25) is 0 Å². The smallest absolute Gasteiger partial charge is 0.387 e. The molecule has 0 aliphatic carbocycles. The number of benzene rings is 1. The number of ether oxygens (including phenoxy) is 3. The van der Waals surface area contributed by atoms with Gasteiger partial charge in [0, 0.05) is 52.5 Å². The standard InChI is InChI=1S/C22H31F2N3O5/c1-3-31-19-15-17(5-7-18(19)32-22(23)24)6-8-21(29)27-12-10-26(11-13-27)16-20(28)25-9-4-14-30-2/h5-8,15,22H,3-4,9-14,16H2,1-2H3,(H,25,28)/b8-6+. The number of piperazine rings is 1. The van der Waals surface area contributed by atoms with Gasteiger partial charge in [-0.1, -0.05) is 6.07 Å². The van der Waals surface area contributed by atoms with E-state index in [0.717, 1.165) is 6.42 Å². The fourth-order valence-electron chi connectivity index (χ4n) is 3.19. The van der Waals surface area contributed by atoms with Gasteiger partial charge in [-0.15, -0.1) is 0 Å². The third kappa shape index (κ3) is 8.80. The minimum absolute atomic E-state index is 0.0369. The third-order valence-corrected chi connectivity index (χ3v) is 4.80. The molecule has 0 radical (unpaired) electrons. The highest BCUT2D eigenvalue weighted by molar-refractivity contribution is 5.92. The van der Waals surface area contributed by atoms with Crippen LogP contribution in [0, 0.1) is 0 Å². The van der Waals surface area contributed by atoms with E-state index in [1.54, 1.807) is 37.1 Å². The minimum Gasteiger partial charge on any atom is -0.490 e. The van der Waals surface area contributed by atoms with Gasteiger partial charge in [-0.05, 0) is 37.1 Å². The van der Waals surface area contributed by atoms with Crippen molar-refractivity contribution in [1.82, 2.24) is 15.1 Å². The maximum atomic E-state index is 12.5. The summed E-state index contributed by atoms with van der Waals surface area (Å²) in [6, 6.07) is 4.52. The molecule has 8 nitrogen and oxygen atoms in total. The van der Waals surface area contributed by atoms with E-state index in [9.17, 15) is 18.4 Å². The highest BCUT2D eigenvalue weighted by Gasteiger charge is 2.21. The van der Waals surface area contributed by atoms with E-state index >= 15 is 0 Å². The predicted molar refractivity (Wildman–Crippen MR) is 116 cm³/mol. The molecule has 1 saturated heterocycles. The SMILES string of the molecule is CCOc1cc(/C=C/C(=O)N2CCN(CC(=O)NCCCOC)CC2)ccc1OC(F)F. The first-order valence-corrected chi connectivity index (χ1v) is 10.6. The zero-order valence-corrected chi connectivity index (χ0v) is 18.5. The van der Waals surface area contributed by atoms with Crippen LogP contribution >= 0.6 is 0 Å². The highest BCUT2D eigenvalue weighted by atomic mass is 19.3.